The normalized spacial score (nSPS) is 10.2. The van der Waals surface area contributed by atoms with Crippen LogP contribution in [0, 0.1) is 11.3 Å². The number of amides is 1. The third kappa shape index (κ3) is 6.41. The number of carbonyl (C=O) groups excluding carboxylic acids is 1. The van der Waals surface area contributed by atoms with Crippen molar-refractivity contribution in [3.8, 4) is 6.07 Å². The molecule has 0 heterocycles. The smallest absolute Gasteiger partial charge is 0.222 e. The quantitative estimate of drug-likeness (QED) is 0.594. The molecular weight excluding hydrogens is 204 g/mol. The standard InChI is InChI=1S/C12H22N2O2/c1-4-16-10-5-7-12(15)14(11(2)3)9-6-8-13/h11H,4-7,9-10H2,1-3H3. The lowest BCUT2D eigenvalue weighted by Crippen LogP contribution is -2.37. The third-order valence-corrected chi connectivity index (χ3v) is 2.29. The zero-order chi connectivity index (χ0) is 12.4. The van der Waals surface area contributed by atoms with Gasteiger partial charge in [0, 0.05) is 32.2 Å². The van der Waals surface area contributed by atoms with E-state index in [1.54, 1.807) is 4.90 Å². The molecule has 0 bridgehead atoms. The third-order valence-electron chi connectivity index (χ3n) is 2.29. The maximum absolute atomic E-state index is 11.8. The molecule has 4 nitrogen and oxygen atoms in total. The van der Waals surface area contributed by atoms with Gasteiger partial charge in [0.05, 0.1) is 12.5 Å². The molecular formula is C12H22N2O2. The van der Waals surface area contributed by atoms with E-state index in [1.807, 2.05) is 20.8 Å². The highest BCUT2D eigenvalue weighted by Crippen LogP contribution is 2.05. The number of rotatable bonds is 8. The zero-order valence-electron chi connectivity index (χ0n) is 10.5. The summed E-state index contributed by atoms with van der Waals surface area (Å²) in [4.78, 5) is 13.6. The van der Waals surface area contributed by atoms with Crippen LogP contribution < -0.4 is 0 Å². The number of nitrogens with zero attached hydrogens (tertiary/aromatic N) is 2. The second-order valence-electron chi connectivity index (χ2n) is 3.89. The molecule has 0 aromatic rings. The Kier molecular flexibility index (Phi) is 8.55. The zero-order valence-corrected chi connectivity index (χ0v) is 10.5. The van der Waals surface area contributed by atoms with E-state index in [0.717, 1.165) is 6.42 Å². The molecule has 1 amide bonds. The summed E-state index contributed by atoms with van der Waals surface area (Å²) in [5, 5.41) is 8.52. The molecule has 0 fully saturated rings. The highest BCUT2D eigenvalue weighted by molar-refractivity contribution is 5.76. The lowest BCUT2D eigenvalue weighted by atomic mass is 10.2. The molecule has 0 atom stereocenters. The van der Waals surface area contributed by atoms with Crippen molar-refractivity contribution in [1.29, 1.82) is 5.26 Å². The Morgan fingerprint density at radius 3 is 2.69 bits per heavy atom. The van der Waals surface area contributed by atoms with Crippen molar-refractivity contribution in [3.05, 3.63) is 0 Å². The molecule has 0 saturated heterocycles. The molecule has 0 aromatic carbocycles. The molecule has 92 valence electrons. The molecule has 0 rings (SSSR count). The maximum atomic E-state index is 11.8. The Labute approximate surface area is 98.2 Å². The number of carbonyl (C=O) groups is 1. The van der Waals surface area contributed by atoms with Gasteiger partial charge < -0.3 is 9.64 Å². The number of ether oxygens (including phenoxy) is 1. The Morgan fingerprint density at radius 2 is 2.19 bits per heavy atom. The largest absolute Gasteiger partial charge is 0.382 e. The molecule has 0 aliphatic carbocycles. The first-order valence-corrected chi connectivity index (χ1v) is 5.87. The van der Waals surface area contributed by atoms with Crippen LogP contribution in [0.25, 0.3) is 0 Å². The van der Waals surface area contributed by atoms with Gasteiger partial charge in [-0.1, -0.05) is 0 Å². The molecule has 0 N–H and O–H groups in total. The number of nitriles is 1. The van der Waals surface area contributed by atoms with E-state index in [9.17, 15) is 4.79 Å². The van der Waals surface area contributed by atoms with E-state index in [1.165, 1.54) is 0 Å². The van der Waals surface area contributed by atoms with Crippen molar-refractivity contribution in [2.75, 3.05) is 19.8 Å². The van der Waals surface area contributed by atoms with E-state index in [2.05, 4.69) is 6.07 Å². The van der Waals surface area contributed by atoms with Gasteiger partial charge in [-0.15, -0.1) is 0 Å². The van der Waals surface area contributed by atoms with Gasteiger partial charge in [-0.2, -0.15) is 5.26 Å². The second kappa shape index (κ2) is 9.17. The molecule has 0 unspecified atom stereocenters. The molecule has 0 aliphatic rings. The van der Waals surface area contributed by atoms with Gasteiger partial charge in [0.25, 0.3) is 0 Å². The highest BCUT2D eigenvalue weighted by atomic mass is 16.5. The van der Waals surface area contributed by atoms with Crippen molar-refractivity contribution in [2.45, 2.75) is 46.1 Å². The summed E-state index contributed by atoms with van der Waals surface area (Å²) in [6, 6.07) is 2.23. The summed E-state index contributed by atoms with van der Waals surface area (Å²) in [5.41, 5.74) is 0. The van der Waals surface area contributed by atoms with Crippen LogP contribution >= 0.6 is 0 Å². The monoisotopic (exact) mass is 226 g/mol. The van der Waals surface area contributed by atoms with Gasteiger partial charge in [0.15, 0.2) is 0 Å². The predicted octanol–water partition coefficient (Wildman–Crippen LogP) is 1.95. The van der Waals surface area contributed by atoms with E-state index in [-0.39, 0.29) is 11.9 Å². The van der Waals surface area contributed by atoms with Crippen molar-refractivity contribution in [1.82, 2.24) is 4.90 Å². The minimum atomic E-state index is 0.116. The summed E-state index contributed by atoms with van der Waals surface area (Å²) in [6.07, 6.45) is 1.65. The van der Waals surface area contributed by atoms with Crippen LogP contribution in [0.5, 0.6) is 0 Å². The van der Waals surface area contributed by atoms with Crippen LogP contribution in [-0.2, 0) is 9.53 Å². The van der Waals surface area contributed by atoms with Crippen molar-refractivity contribution >= 4 is 5.91 Å². The Hall–Kier alpha value is -1.08. The topological polar surface area (TPSA) is 53.3 Å². The van der Waals surface area contributed by atoms with Crippen molar-refractivity contribution in [2.24, 2.45) is 0 Å². The van der Waals surface area contributed by atoms with Crippen LogP contribution in [0.4, 0.5) is 0 Å². The minimum absolute atomic E-state index is 0.116. The lowest BCUT2D eigenvalue weighted by molar-refractivity contribution is -0.133. The number of hydrogen-bond acceptors (Lipinski definition) is 3. The van der Waals surface area contributed by atoms with Gasteiger partial charge in [-0.25, -0.2) is 0 Å². The highest BCUT2D eigenvalue weighted by Gasteiger charge is 2.15. The average molecular weight is 226 g/mol. The van der Waals surface area contributed by atoms with E-state index in [4.69, 9.17) is 10.00 Å². The SMILES string of the molecule is CCOCCCC(=O)N(CCC#N)C(C)C. The average Bonchev–Trinajstić information content (AvgIpc) is 2.24. The summed E-state index contributed by atoms with van der Waals surface area (Å²) in [7, 11) is 0. The van der Waals surface area contributed by atoms with Crippen molar-refractivity contribution in [3.63, 3.8) is 0 Å². The van der Waals surface area contributed by atoms with Gasteiger partial charge >= 0.3 is 0 Å². The first-order valence-electron chi connectivity index (χ1n) is 5.87. The van der Waals surface area contributed by atoms with Gasteiger partial charge in [-0.05, 0) is 27.2 Å². The Balaban J connectivity index is 3.93. The number of hydrogen-bond donors (Lipinski definition) is 0. The Bertz CT molecular complexity index is 234. The lowest BCUT2D eigenvalue weighted by Gasteiger charge is -2.25. The Morgan fingerprint density at radius 1 is 1.50 bits per heavy atom. The summed E-state index contributed by atoms with van der Waals surface area (Å²) >= 11 is 0. The minimum Gasteiger partial charge on any atom is -0.382 e. The van der Waals surface area contributed by atoms with Gasteiger partial charge in [0.2, 0.25) is 5.91 Å². The van der Waals surface area contributed by atoms with Crippen LogP contribution in [0.2, 0.25) is 0 Å². The second-order valence-corrected chi connectivity index (χ2v) is 3.89. The van der Waals surface area contributed by atoms with Crippen LogP contribution in [0.1, 0.15) is 40.0 Å². The molecule has 0 radical (unpaired) electrons. The first kappa shape index (κ1) is 14.9. The molecule has 4 heteroatoms. The fourth-order valence-corrected chi connectivity index (χ4v) is 1.45. The van der Waals surface area contributed by atoms with Crippen LogP contribution in [-0.4, -0.2) is 36.6 Å². The van der Waals surface area contributed by atoms with Gasteiger partial charge in [0.1, 0.15) is 0 Å². The molecule has 0 spiro atoms. The molecule has 16 heavy (non-hydrogen) atoms. The summed E-state index contributed by atoms with van der Waals surface area (Å²) in [5.74, 6) is 0.116. The molecule has 0 saturated carbocycles. The van der Waals surface area contributed by atoms with E-state index >= 15 is 0 Å². The summed E-state index contributed by atoms with van der Waals surface area (Å²) in [6.45, 7) is 7.73. The van der Waals surface area contributed by atoms with Crippen LogP contribution in [0.3, 0.4) is 0 Å². The maximum Gasteiger partial charge on any atom is 0.222 e. The predicted molar refractivity (Wildman–Crippen MR) is 62.8 cm³/mol. The van der Waals surface area contributed by atoms with E-state index < -0.39 is 0 Å². The van der Waals surface area contributed by atoms with Gasteiger partial charge in [-0.3, -0.25) is 4.79 Å². The van der Waals surface area contributed by atoms with Crippen LogP contribution in [0.15, 0.2) is 0 Å². The molecule has 0 aliphatic heterocycles. The van der Waals surface area contributed by atoms with Crippen molar-refractivity contribution < 1.29 is 9.53 Å². The van der Waals surface area contributed by atoms with E-state index in [0.29, 0.717) is 32.6 Å². The first-order chi connectivity index (χ1) is 7.63. The fourth-order valence-electron chi connectivity index (χ4n) is 1.45. The summed E-state index contributed by atoms with van der Waals surface area (Å²) < 4.78 is 5.18. The fraction of sp³-hybridized carbons (Fsp3) is 0.833. The molecule has 0 aromatic heterocycles.